The van der Waals surface area contributed by atoms with Crippen LogP contribution in [-0.4, -0.2) is 61.0 Å². The predicted molar refractivity (Wildman–Crippen MR) is 129 cm³/mol. The standard InChI is InChI=1S/C22H25AsCl3N3/c23-19-6-9-29(22-14-16(24)2-4-18(19)22)8-1-7-27-10-12-28(13-11-27)17-3-5-20(25)21(26)15-17/h2-6,9,14-15,19H,1,7-8,10-13,23H2. The molecule has 2 aliphatic heterocycles. The zero-order chi connectivity index (χ0) is 20.4. The molecule has 0 N–H and O–H groups in total. The fourth-order valence-corrected chi connectivity index (χ4v) is 5.26. The van der Waals surface area contributed by atoms with E-state index in [9.17, 15) is 0 Å². The molecule has 7 heteroatoms. The third kappa shape index (κ3) is 5.09. The zero-order valence-corrected chi connectivity index (χ0v) is 20.9. The summed E-state index contributed by atoms with van der Waals surface area (Å²) in [5, 5.41) is 2.04. The average Bonchev–Trinajstić information content (AvgIpc) is 2.72. The number of piperazine rings is 1. The van der Waals surface area contributed by atoms with E-state index >= 15 is 0 Å². The van der Waals surface area contributed by atoms with Gasteiger partial charge in [-0.1, -0.05) is 23.2 Å². The molecule has 0 spiro atoms. The van der Waals surface area contributed by atoms with Gasteiger partial charge in [-0.2, -0.15) is 0 Å². The monoisotopic (exact) mass is 511 g/mol. The fraction of sp³-hybridized carbons (Fsp3) is 0.364. The first-order valence-corrected chi connectivity index (χ1v) is 12.5. The number of rotatable bonds is 5. The molecule has 0 radical (unpaired) electrons. The molecule has 2 aromatic carbocycles. The molecule has 2 aliphatic rings. The molecule has 0 aromatic heterocycles. The summed E-state index contributed by atoms with van der Waals surface area (Å²) in [4.78, 5) is 7.28. The molecule has 154 valence electrons. The Labute approximate surface area is 196 Å². The summed E-state index contributed by atoms with van der Waals surface area (Å²) in [7, 11) is 0. The summed E-state index contributed by atoms with van der Waals surface area (Å²) >= 11 is 20.2. The maximum atomic E-state index is 6.25. The molecule has 29 heavy (non-hydrogen) atoms. The van der Waals surface area contributed by atoms with Crippen LogP contribution in [0.3, 0.4) is 0 Å². The van der Waals surface area contributed by atoms with Crippen LogP contribution in [0.2, 0.25) is 15.1 Å². The van der Waals surface area contributed by atoms with Crippen molar-refractivity contribution in [3.05, 3.63) is 69.3 Å². The van der Waals surface area contributed by atoms with Crippen molar-refractivity contribution in [3.8, 4) is 0 Å². The molecule has 0 aliphatic carbocycles. The summed E-state index contributed by atoms with van der Waals surface area (Å²) in [5.74, 6) is 0. The third-order valence-corrected chi connectivity index (χ3v) is 7.84. The van der Waals surface area contributed by atoms with E-state index in [4.69, 9.17) is 34.8 Å². The molecule has 1 saturated heterocycles. The van der Waals surface area contributed by atoms with Crippen molar-refractivity contribution in [1.82, 2.24) is 4.90 Å². The molecule has 0 bridgehead atoms. The summed E-state index contributed by atoms with van der Waals surface area (Å²) in [6.07, 6.45) is 5.65. The number of halogens is 3. The Balaban J connectivity index is 1.28. The molecule has 2 heterocycles. The van der Waals surface area contributed by atoms with Crippen LogP contribution in [0.1, 0.15) is 16.7 Å². The van der Waals surface area contributed by atoms with Gasteiger partial charge in [-0.15, -0.1) is 0 Å². The average molecular weight is 513 g/mol. The second-order valence-corrected chi connectivity index (χ2v) is 10.3. The van der Waals surface area contributed by atoms with Crippen LogP contribution in [-0.2, 0) is 0 Å². The zero-order valence-electron chi connectivity index (χ0n) is 16.2. The summed E-state index contributed by atoms with van der Waals surface area (Å²) < 4.78 is 0.500. The van der Waals surface area contributed by atoms with E-state index in [0.29, 0.717) is 14.8 Å². The van der Waals surface area contributed by atoms with E-state index in [1.165, 1.54) is 11.3 Å². The number of allylic oxidation sites excluding steroid dienone is 1. The van der Waals surface area contributed by atoms with E-state index in [2.05, 4.69) is 45.2 Å². The van der Waals surface area contributed by atoms with Crippen LogP contribution in [0.5, 0.6) is 0 Å². The Kier molecular flexibility index (Phi) is 7.04. The van der Waals surface area contributed by atoms with Crippen LogP contribution in [0.4, 0.5) is 11.4 Å². The van der Waals surface area contributed by atoms with Gasteiger partial charge in [-0.05, 0) is 18.2 Å². The van der Waals surface area contributed by atoms with Gasteiger partial charge in [0.25, 0.3) is 0 Å². The van der Waals surface area contributed by atoms with Crippen molar-refractivity contribution in [2.24, 2.45) is 0 Å². The van der Waals surface area contributed by atoms with Gasteiger partial charge in [0, 0.05) is 0 Å². The van der Waals surface area contributed by atoms with Crippen molar-refractivity contribution in [1.29, 1.82) is 0 Å². The fourth-order valence-electron chi connectivity index (χ4n) is 4.00. The topological polar surface area (TPSA) is 9.72 Å². The van der Waals surface area contributed by atoms with E-state index < -0.39 is 0 Å². The first kappa shape index (κ1) is 21.4. The van der Waals surface area contributed by atoms with Crippen LogP contribution >= 0.6 is 34.8 Å². The van der Waals surface area contributed by atoms with Gasteiger partial charge in [0.2, 0.25) is 0 Å². The van der Waals surface area contributed by atoms with Crippen molar-refractivity contribution in [2.75, 3.05) is 49.1 Å². The third-order valence-electron chi connectivity index (χ3n) is 5.65. The quantitative estimate of drug-likeness (QED) is 0.530. The summed E-state index contributed by atoms with van der Waals surface area (Å²) in [5.41, 5.74) is 3.80. The second kappa shape index (κ2) is 9.54. The predicted octanol–water partition coefficient (Wildman–Crippen LogP) is 4.87. The van der Waals surface area contributed by atoms with Gasteiger partial charge in [-0.25, -0.2) is 0 Å². The molecule has 0 saturated carbocycles. The molecule has 1 fully saturated rings. The minimum atomic E-state index is 0.500. The Morgan fingerprint density at radius 1 is 0.897 bits per heavy atom. The molecule has 4 rings (SSSR count). The summed E-state index contributed by atoms with van der Waals surface area (Å²) in [6, 6.07) is 12.2. The number of hydrogen-bond acceptors (Lipinski definition) is 3. The van der Waals surface area contributed by atoms with Gasteiger partial charge >= 0.3 is 146 Å². The van der Waals surface area contributed by atoms with E-state index in [1.807, 2.05) is 18.2 Å². The number of anilines is 2. The molecule has 2 unspecified atom stereocenters. The molecule has 3 nitrogen and oxygen atoms in total. The summed E-state index contributed by atoms with van der Waals surface area (Å²) in [6.45, 7) is 6.28. The second-order valence-electron chi connectivity index (χ2n) is 7.54. The van der Waals surface area contributed by atoms with Gasteiger partial charge in [0.15, 0.2) is 0 Å². The van der Waals surface area contributed by atoms with Crippen molar-refractivity contribution in [2.45, 2.75) is 11.1 Å². The van der Waals surface area contributed by atoms with Crippen molar-refractivity contribution in [3.63, 3.8) is 0 Å². The van der Waals surface area contributed by atoms with Gasteiger partial charge in [-0.3, -0.25) is 0 Å². The van der Waals surface area contributed by atoms with Crippen LogP contribution in [0.25, 0.3) is 0 Å². The molecular formula is C22H25AsCl3N3. The number of fused-ring (bicyclic) bond motifs is 1. The Morgan fingerprint density at radius 3 is 2.45 bits per heavy atom. The SMILES string of the molecule is Clc1ccc2c(c1)N(CCCN1CCN(c3ccc(Cl)c(Cl)c3)CC1)C=CC2[AsH2]. The molecular weight excluding hydrogens is 488 g/mol. The maximum absolute atomic E-state index is 6.25. The first-order valence-electron chi connectivity index (χ1n) is 9.93. The Bertz CT molecular complexity index is 897. The normalized spacial score (nSPS) is 19.5. The number of nitrogens with zero attached hydrogens (tertiary/aromatic N) is 3. The van der Waals surface area contributed by atoms with Crippen LogP contribution in [0, 0.1) is 0 Å². The first-order chi connectivity index (χ1) is 14.0. The number of benzene rings is 2. The van der Waals surface area contributed by atoms with Crippen LogP contribution in [0.15, 0.2) is 48.7 Å². The minimum absolute atomic E-state index is 0.500. The van der Waals surface area contributed by atoms with Crippen LogP contribution < -0.4 is 9.80 Å². The van der Waals surface area contributed by atoms with Gasteiger partial charge < -0.3 is 0 Å². The van der Waals surface area contributed by atoms with Crippen molar-refractivity contribution < 1.29 is 0 Å². The Hall–Kier alpha value is -0.832. The number of hydrogen-bond donors (Lipinski definition) is 0. The molecule has 2 atom stereocenters. The van der Waals surface area contributed by atoms with Gasteiger partial charge in [0.05, 0.1) is 10.0 Å². The van der Waals surface area contributed by atoms with Gasteiger partial charge in [0.1, 0.15) is 0 Å². The Morgan fingerprint density at radius 2 is 1.69 bits per heavy atom. The van der Waals surface area contributed by atoms with Crippen molar-refractivity contribution >= 4 is 63.0 Å². The van der Waals surface area contributed by atoms with E-state index in [-0.39, 0.29) is 0 Å². The molecule has 2 aromatic rings. The van der Waals surface area contributed by atoms with E-state index in [1.54, 1.807) is 16.9 Å². The molecule has 0 amide bonds. The van der Waals surface area contributed by atoms with E-state index in [0.717, 1.165) is 56.4 Å².